The third-order valence-electron chi connectivity index (χ3n) is 3.26. The predicted octanol–water partition coefficient (Wildman–Crippen LogP) is 4.73. The Kier molecular flexibility index (Phi) is 3.88. The van der Waals surface area contributed by atoms with Crippen molar-refractivity contribution in [3.05, 3.63) is 78.4 Å². The van der Waals surface area contributed by atoms with Crippen LogP contribution >= 0.6 is 0 Å². The number of aliphatic carboxylic acids is 1. The molecule has 0 aromatic heterocycles. The number of ether oxygens (including phenoxy) is 1. The van der Waals surface area contributed by atoms with Crippen LogP contribution in [-0.4, -0.2) is 11.1 Å². The molecule has 0 heterocycles. The third kappa shape index (κ3) is 3.33. The minimum absolute atomic E-state index is 0.711. The van der Waals surface area contributed by atoms with Crippen LogP contribution in [0.15, 0.2) is 72.8 Å². The first-order valence-corrected chi connectivity index (χ1v) is 6.88. The van der Waals surface area contributed by atoms with Crippen LogP contribution in [0, 0.1) is 0 Å². The number of fused-ring (bicyclic) bond motifs is 1. The van der Waals surface area contributed by atoms with Crippen LogP contribution in [-0.2, 0) is 4.79 Å². The van der Waals surface area contributed by atoms with Gasteiger partial charge in [-0.05, 0) is 46.7 Å². The first-order valence-electron chi connectivity index (χ1n) is 6.88. The number of carboxylic acids is 1. The number of hydrogen-bond acceptors (Lipinski definition) is 2. The van der Waals surface area contributed by atoms with Crippen LogP contribution in [0.1, 0.15) is 5.56 Å². The van der Waals surface area contributed by atoms with Gasteiger partial charge in [-0.15, -0.1) is 0 Å². The normalized spacial score (nSPS) is 10.9. The Balaban J connectivity index is 1.78. The highest BCUT2D eigenvalue weighted by Gasteiger charge is 1.99. The average Bonchev–Trinajstić information content (AvgIpc) is 2.54. The molecule has 3 aromatic carbocycles. The van der Waals surface area contributed by atoms with Gasteiger partial charge in [0.2, 0.25) is 0 Å². The number of carboxylic acid groups (broad SMARTS) is 1. The fraction of sp³-hybridized carbons (Fsp3) is 0. The lowest BCUT2D eigenvalue weighted by Gasteiger charge is -2.07. The highest BCUT2D eigenvalue weighted by atomic mass is 16.5. The maximum atomic E-state index is 10.5. The first-order chi connectivity index (χ1) is 10.7. The van der Waals surface area contributed by atoms with Gasteiger partial charge in [-0.1, -0.05) is 42.5 Å². The molecule has 3 aromatic rings. The maximum Gasteiger partial charge on any atom is 0.328 e. The molecule has 3 rings (SSSR count). The van der Waals surface area contributed by atoms with Crippen molar-refractivity contribution in [2.75, 3.05) is 0 Å². The molecule has 0 saturated heterocycles. The van der Waals surface area contributed by atoms with Gasteiger partial charge in [0.1, 0.15) is 11.5 Å². The highest BCUT2D eigenvalue weighted by Crippen LogP contribution is 2.26. The van der Waals surface area contributed by atoms with Crippen LogP contribution in [0.3, 0.4) is 0 Å². The Morgan fingerprint density at radius 3 is 2.27 bits per heavy atom. The number of hydrogen-bond donors (Lipinski definition) is 1. The fourth-order valence-corrected chi connectivity index (χ4v) is 2.18. The Hall–Kier alpha value is -3.07. The van der Waals surface area contributed by atoms with E-state index in [1.54, 1.807) is 6.08 Å². The van der Waals surface area contributed by atoms with Crippen molar-refractivity contribution >= 4 is 22.8 Å². The van der Waals surface area contributed by atoms with Crippen LogP contribution in [0.5, 0.6) is 11.5 Å². The second-order valence-corrected chi connectivity index (χ2v) is 4.85. The summed E-state index contributed by atoms with van der Waals surface area (Å²) in [5.74, 6) is 0.520. The van der Waals surface area contributed by atoms with E-state index < -0.39 is 5.97 Å². The summed E-state index contributed by atoms with van der Waals surface area (Å²) in [5.41, 5.74) is 0.813. The Morgan fingerprint density at radius 1 is 0.864 bits per heavy atom. The second-order valence-electron chi connectivity index (χ2n) is 4.85. The molecule has 0 atom stereocenters. The summed E-state index contributed by atoms with van der Waals surface area (Å²) in [4.78, 5) is 10.5. The van der Waals surface area contributed by atoms with Crippen molar-refractivity contribution in [1.29, 1.82) is 0 Å². The van der Waals surface area contributed by atoms with Crippen LogP contribution < -0.4 is 4.74 Å². The topological polar surface area (TPSA) is 46.5 Å². The van der Waals surface area contributed by atoms with Crippen molar-refractivity contribution in [2.45, 2.75) is 0 Å². The lowest BCUT2D eigenvalue weighted by Crippen LogP contribution is -1.86. The average molecular weight is 290 g/mol. The third-order valence-corrected chi connectivity index (χ3v) is 3.26. The monoisotopic (exact) mass is 290 g/mol. The zero-order valence-corrected chi connectivity index (χ0v) is 11.8. The van der Waals surface area contributed by atoms with Crippen molar-refractivity contribution in [2.24, 2.45) is 0 Å². The van der Waals surface area contributed by atoms with Gasteiger partial charge in [-0.25, -0.2) is 4.79 Å². The lowest BCUT2D eigenvalue weighted by molar-refractivity contribution is -0.131. The smallest absolute Gasteiger partial charge is 0.328 e. The number of carbonyl (C=O) groups is 1. The van der Waals surface area contributed by atoms with Crippen molar-refractivity contribution in [3.63, 3.8) is 0 Å². The van der Waals surface area contributed by atoms with E-state index in [4.69, 9.17) is 9.84 Å². The van der Waals surface area contributed by atoms with E-state index in [1.165, 1.54) is 5.39 Å². The minimum atomic E-state index is -0.962. The molecule has 0 saturated carbocycles. The molecule has 3 heteroatoms. The molecule has 0 spiro atoms. The van der Waals surface area contributed by atoms with E-state index in [-0.39, 0.29) is 0 Å². The molecule has 108 valence electrons. The van der Waals surface area contributed by atoms with E-state index >= 15 is 0 Å². The van der Waals surface area contributed by atoms with Gasteiger partial charge < -0.3 is 9.84 Å². The van der Waals surface area contributed by atoms with Crippen LogP contribution in [0.4, 0.5) is 0 Å². The molecule has 0 bridgehead atoms. The van der Waals surface area contributed by atoms with Gasteiger partial charge in [0.15, 0.2) is 0 Å². The van der Waals surface area contributed by atoms with E-state index in [2.05, 4.69) is 6.07 Å². The van der Waals surface area contributed by atoms with Gasteiger partial charge in [0.25, 0.3) is 0 Å². The van der Waals surface area contributed by atoms with Gasteiger partial charge in [0, 0.05) is 6.08 Å². The summed E-state index contributed by atoms with van der Waals surface area (Å²) in [6.07, 6.45) is 2.65. The summed E-state index contributed by atoms with van der Waals surface area (Å²) in [6, 6.07) is 21.3. The van der Waals surface area contributed by atoms with Gasteiger partial charge >= 0.3 is 5.97 Å². The molecule has 22 heavy (non-hydrogen) atoms. The summed E-state index contributed by atoms with van der Waals surface area (Å²) < 4.78 is 5.83. The summed E-state index contributed by atoms with van der Waals surface area (Å²) >= 11 is 0. The summed E-state index contributed by atoms with van der Waals surface area (Å²) in [7, 11) is 0. The Bertz CT molecular complexity index is 833. The molecule has 0 aliphatic carbocycles. The van der Waals surface area contributed by atoms with E-state index in [0.29, 0.717) is 5.75 Å². The molecular weight excluding hydrogens is 276 g/mol. The van der Waals surface area contributed by atoms with Crippen molar-refractivity contribution in [1.82, 2.24) is 0 Å². The Labute approximate surface area is 128 Å². The maximum absolute atomic E-state index is 10.5. The van der Waals surface area contributed by atoms with Gasteiger partial charge in [0.05, 0.1) is 0 Å². The SMILES string of the molecule is O=C(O)C=Cc1ccc(Oc2ccc3ccccc3c2)cc1. The highest BCUT2D eigenvalue weighted by molar-refractivity contribution is 5.85. The number of rotatable bonds is 4. The summed E-state index contributed by atoms with van der Waals surface area (Å²) in [5, 5.41) is 10.9. The standard InChI is InChI=1S/C19H14O3/c20-19(21)12-7-14-5-9-17(10-6-14)22-18-11-8-15-3-1-2-4-16(15)13-18/h1-13H,(H,20,21). The van der Waals surface area contributed by atoms with E-state index in [9.17, 15) is 4.79 Å². The van der Waals surface area contributed by atoms with E-state index in [1.807, 2.05) is 60.7 Å². The fourth-order valence-electron chi connectivity index (χ4n) is 2.18. The zero-order valence-electron chi connectivity index (χ0n) is 11.8. The first kappa shape index (κ1) is 13.9. The molecule has 1 N–H and O–H groups in total. The molecule has 0 unspecified atom stereocenters. The summed E-state index contributed by atoms with van der Waals surface area (Å²) in [6.45, 7) is 0. The molecule has 0 fully saturated rings. The minimum Gasteiger partial charge on any atom is -0.478 e. The molecule has 0 aliphatic rings. The predicted molar refractivity (Wildman–Crippen MR) is 87.1 cm³/mol. The lowest BCUT2D eigenvalue weighted by atomic mass is 10.1. The number of benzene rings is 3. The van der Waals surface area contributed by atoms with Crippen LogP contribution in [0.25, 0.3) is 16.8 Å². The Morgan fingerprint density at radius 2 is 1.55 bits per heavy atom. The van der Waals surface area contributed by atoms with Crippen molar-refractivity contribution in [3.8, 4) is 11.5 Å². The second kappa shape index (κ2) is 6.14. The van der Waals surface area contributed by atoms with Crippen LogP contribution in [0.2, 0.25) is 0 Å². The molecular formula is C19H14O3. The quantitative estimate of drug-likeness (QED) is 0.706. The van der Waals surface area contributed by atoms with Crippen molar-refractivity contribution < 1.29 is 14.6 Å². The molecule has 0 amide bonds. The molecule has 3 nitrogen and oxygen atoms in total. The van der Waals surface area contributed by atoms with Gasteiger partial charge in [-0.2, -0.15) is 0 Å². The molecule has 0 radical (unpaired) electrons. The largest absolute Gasteiger partial charge is 0.478 e. The van der Waals surface area contributed by atoms with E-state index in [0.717, 1.165) is 22.8 Å². The van der Waals surface area contributed by atoms with Gasteiger partial charge in [-0.3, -0.25) is 0 Å². The molecule has 0 aliphatic heterocycles. The zero-order chi connectivity index (χ0) is 15.4.